The van der Waals surface area contributed by atoms with Crippen LogP contribution in [0.5, 0.6) is 0 Å². The molecule has 1 N–H and O–H groups in total. The summed E-state index contributed by atoms with van der Waals surface area (Å²) in [6.45, 7) is 4.29. The van der Waals surface area contributed by atoms with Gasteiger partial charge in [-0.1, -0.05) is 0 Å². The minimum Gasteiger partial charge on any atom is -0.368 e. The first-order chi connectivity index (χ1) is 8.99. The van der Waals surface area contributed by atoms with Gasteiger partial charge in [0.05, 0.1) is 0 Å². The predicted molar refractivity (Wildman–Crippen MR) is 67.7 cm³/mol. The first-order valence-electron chi connectivity index (χ1n) is 6.64. The Morgan fingerprint density at radius 2 is 1.84 bits per heavy atom. The summed E-state index contributed by atoms with van der Waals surface area (Å²) in [5.41, 5.74) is 0.407. The highest BCUT2D eigenvalue weighted by Gasteiger charge is 2.44. The molecule has 1 aliphatic carbocycles. The van der Waals surface area contributed by atoms with Crippen LogP contribution in [0, 0.1) is 23.4 Å². The zero-order valence-electron chi connectivity index (χ0n) is 10.8. The fourth-order valence-electron chi connectivity index (χ4n) is 2.95. The van der Waals surface area contributed by atoms with Gasteiger partial charge in [-0.05, 0) is 25.7 Å². The van der Waals surface area contributed by atoms with Gasteiger partial charge in [0.15, 0.2) is 17.5 Å². The molecule has 3 rings (SSSR count). The van der Waals surface area contributed by atoms with Crippen LogP contribution in [0.3, 0.4) is 0 Å². The summed E-state index contributed by atoms with van der Waals surface area (Å²) < 4.78 is 39.6. The van der Waals surface area contributed by atoms with Gasteiger partial charge in [0.25, 0.3) is 0 Å². The third kappa shape index (κ3) is 2.31. The number of nitrogens with zero attached hydrogens (tertiary/aromatic N) is 1. The molecular weight excluding hydrogens is 253 g/mol. The lowest BCUT2D eigenvalue weighted by molar-refractivity contribution is 0.285. The largest absolute Gasteiger partial charge is 0.368 e. The molecule has 1 unspecified atom stereocenters. The van der Waals surface area contributed by atoms with Crippen LogP contribution < -0.4 is 10.2 Å². The zero-order valence-corrected chi connectivity index (χ0v) is 10.8. The van der Waals surface area contributed by atoms with Crippen LogP contribution in [0.2, 0.25) is 0 Å². The molecule has 104 valence electrons. The van der Waals surface area contributed by atoms with Crippen molar-refractivity contribution in [3.63, 3.8) is 0 Å². The smallest absolute Gasteiger partial charge is 0.194 e. The number of hydrogen-bond donors (Lipinski definition) is 1. The van der Waals surface area contributed by atoms with Crippen molar-refractivity contribution in [3.8, 4) is 0 Å². The summed E-state index contributed by atoms with van der Waals surface area (Å²) in [6.07, 6.45) is 2.40. The summed E-state index contributed by atoms with van der Waals surface area (Å²) in [4.78, 5) is 1.93. The first-order valence-corrected chi connectivity index (χ1v) is 6.64. The summed E-state index contributed by atoms with van der Waals surface area (Å²) in [6, 6.07) is 2.16. The van der Waals surface area contributed by atoms with E-state index in [1.54, 1.807) is 0 Å². The molecule has 1 aromatic carbocycles. The Morgan fingerprint density at radius 1 is 1.21 bits per heavy atom. The highest BCUT2D eigenvalue weighted by atomic mass is 19.2. The average molecular weight is 270 g/mol. The maximum atomic E-state index is 13.3. The lowest BCUT2D eigenvalue weighted by Crippen LogP contribution is -2.60. The molecule has 0 spiro atoms. The molecule has 1 heterocycles. The molecule has 1 saturated carbocycles. The highest BCUT2D eigenvalue weighted by Crippen LogP contribution is 2.41. The van der Waals surface area contributed by atoms with Crippen LogP contribution in [-0.2, 0) is 0 Å². The van der Waals surface area contributed by atoms with Gasteiger partial charge in [0.2, 0.25) is 0 Å². The minimum absolute atomic E-state index is 0.0143. The van der Waals surface area contributed by atoms with E-state index in [2.05, 4.69) is 12.2 Å². The van der Waals surface area contributed by atoms with E-state index in [0.29, 0.717) is 24.7 Å². The monoisotopic (exact) mass is 270 g/mol. The van der Waals surface area contributed by atoms with Crippen LogP contribution >= 0.6 is 0 Å². The average Bonchev–Trinajstić information content (AvgIpc) is 3.20. The third-order valence-corrected chi connectivity index (χ3v) is 4.24. The number of anilines is 1. The Kier molecular flexibility index (Phi) is 2.96. The molecule has 2 aliphatic rings. The van der Waals surface area contributed by atoms with Crippen LogP contribution in [0.4, 0.5) is 18.9 Å². The van der Waals surface area contributed by atoms with Gasteiger partial charge >= 0.3 is 0 Å². The van der Waals surface area contributed by atoms with Crippen molar-refractivity contribution in [2.75, 3.05) is 24.5 Å². The highest BCUT2D eigenvalue weighted by molar-refractivity contribution is 5.48. The molecule has 1 saturated heterocycles. The van der Waals surface area contributed by atoms with E-state index in [0.717, 1.165) is 18.7 Å². The molecule has 0 bridgehead atoms. The zero-order chi connectivity index (χ0) is 13.6. The van der Waals surface area contributed by atoms with Gasteiger partial charge in [-0.2, -0.15) is 0 Å². The van der Waals surface area contributed by atoms with Gasteiger partial charge in [0, 0.05) is 43.0 Å². The van der Waals surface area contributed by atoms with Crippen LogP contribution in [0.25, 0.3) is 0 Å². The van der Waals surface area contributed by atoms with Crippen molar-refractivity contribution in [2.24, 2.45) is 5.92 Å². The second kappa shape index (κ2) is 4.40. The molecule has 19 heavy (non-hydrogen) atoms. The van der Waals surface area contributed by atoms with Crippen molar-refractivity contribution in [2.45, 2.75) is 25.3 Å². The maximum Gasteiger partial charge on any atom is 0.194 e. The molecule has 1 atom stereocenters. The Hall–Kier alpha value is -1.23. The van der Waals surface area contributed by atoms with E-state index in [9.17, 15) is 13.2 Å². The molecule has 0 radical (unpaired) electrons. The van der Waals surface area contributed by atoms with Gasteiger partial charge in [-0.25, -0.2) is 13.2 Å². The second-order valence-corrected chi connectivity index (χ2v) is 5.76. The van der Waals surface area contributed by atoms with Crippen molar-refractivity contribution < 1.29 is 13.2 Å². The number of rotatable bonds is 2. The Balaban J connectivity index is 1.85. The fourth-order valence-corrected chi connectivity index (χ4v) is 2.95. The van der Waals surface area contributed by atoms with Crippen molar-refractivity contribution in [1.29, 1.82) is 0 Å². The molecule has 0 amide bonds. The quantitative estimate of drug-likeness (QED) is 0.831. The van der Waals surface area contributed by atoms with E-state index < -0.39 is 17.5 Å². The molecule has 2 nitrogen and oxygen atoms in total. The second-order valence-electron chi connectivity index (χ2n) is 5.76. The third-order valence-electron chi connectivity index (χ3n) is 4.24. The minimum atomic E-state index is -1.40. The summed E-state index contributed by atoms with van der Waals surface area (Å²) >= 11 is 0. The Labute approximate surface area is 110 Å². The molecule has 2 fully saturated rings. The van der Waals surface area contributed by atoms with Crippen LogP contribution in [0.1, 0.15) is 19.8 Å². The number of hydrogen-bond acceptors (Lipinski definition) is 2. The number of benzene rings is 1. The fraction of sp³-hybridized carbons (Fsp3) is 0.571. The van der Waals surface area contributed by atoms with Gasteiger partial charge in [-0.3, -0.25) is 0 Å². The molecule has 5 heteroatoms. The van der Waals surface area contributed by atoms with Crippen LogP contribution in [-0.4, -0.2) is 25.2 Å². The van der Waals surface area contributed by atoms with E-state index in [1.165, 1.54) is 12.8 Å². The number of nitrogens with one attached hydrogen (secondary N) is 1. The standard InChI is InChI=1S/C14H17F3N2/c1-14(9-2-3-9)8-19(5-4-18-14)10-6-11(15)13(17)12(16)7-10/h6-7,9,18H,2-5,8H2,1H3. The number of piperazine rings is 1. The van der Waals surface area contributed by atoms with Gasteiger partial charge in [0.1, 0.15) is 0 Å². The van der Waals surface area contributed by atoms with Crippen molar-refractivity contribution in [1.82, 2.24) is 5.32 Å². The molecule has 0 aromatic heterocycles. The SMILES string of the molecule is CC1(C2CC2)CN(c2cc(F)c(F)c(F)c2)CCN1. The topological polar surface area (TPSA) is 15.3 Å². The predicted octanol–water partition coefficient (Wildman–Crippen LogP) is 2.68. The lowest BCUT2D eigenvalue weighted by atomic mass is 9.92. The Bertz CT molecular complexity index is 478. The van der Waals surface area contributed by atoms with Crippen molar-refractivity contribution >= 4 is 5.69 Å². The summed E-state index contributed by atoms with van der Waals surface area (Å²) in [5, 5.41) is 3.49. The van der Waals surface area contributed by atoms with E-state index in [4.69, 9.17) is 0 Å². The summed E-state index contributed by atoms with van der Waals surface area (Å²) in [5.74, 6) is -3.02. The van der Waals surface area contributed by atoms with Crippen molar-refractivity contribution in [3.05, 3.63) is 29.6 Å². The maximum absolute atomic E-state index is 13.3. The lowest BCUT2D eigenvalue weighted by Gasteiger charge is -2.43. The van der Waals surface area contributed by atoms with Gasteiger partial charge < -0.3 is 10.2 Å². The molecular formula is C14H17F3N2. The van der Waals surface area contributed by atoms with E-state index in [-0.39, 0.29) is 5.54 Å². The molecule has 1 aromatic rings. The number of halogens is 3. The first kappa shape index (κ1) is 12.8. The van der Waals surface area contributed by atoms with E-state index >= 15 is 0 Å². The summed E-state index contributed by atoms with van der Waals surface area (Å²) in [7, 11) is 0. The van der Waals surface area contributed by atoms with Crippen LogP contribution in [0.15, 0.2) is 12.1 Å². The Morgan fingerprint density at radius 3 is 2.42 bits per heavy atom. The van der Waals surface area contributed by atoms with E-state index in [1.807, 2.05) is 4.90 Å². The molecule has 1 aliphatic heterocycles. The normalized spacial score (nSPS) is 27.7. The van der Waals surface area contributed by atoms with Gasteiger partial charge in [-0.15, -0.1) is 0 Å².